The second-order valence-corrected chi connectivity index (χ2v) is 6.38. The van der Waals surface area contributed by atoms with Crippen LogP contribution in [0.15, 0.2) is 72.8 Å². The second kappa shape index (κ2) is 8.81. The number of hydrogen-bond donors (Lipinski definition) is 1. The minimum Gasteiger partial charge on any atom is -0.487 e. The fourth-order valence-corrected chi connectivity index (χ4v) is 2.79. The van der Waals surface area contributed by atoms with Gasteiger partial charge in [0.25, 0.3) is 5.69 Å². The molecule has 0 atom stereocenters. The molecule has 1 N–H and O–H groups in total. The molecule has 0 aromatic heterocycles. The minimum absolute atomic E-state index is 0.0675. The quantitative estimate of drug-likeness (QED) is 0.480. The standard InChI is InChI=1S/C22H20N2O4/c1-16-11-12-19(21(13-16)28-15-17-7-3-2-4-8-17)23-22(25)14-18-9-5-6-10-20(18)24(26)27/h2-13H,14-15H2,1H3,(H,23,25). The molecule has 142 valence electrons. The van der Waals surface area contributed by atoms with Crippen molar-refractivity contribution in [2.75, 3.05) is 5.32 Å². The molecule has 3 aromatic rings. The van der Waals surface area contributed by atoms with E-state index in [0.29, 0.717) is 23.6 Å². The van der Waals surface area contributed by atoms with Gasteiger partial charge in [-0.2, -0.15) is 0 Å². The number of benzene rings is 3. The maximum atomic E-state index is 12.5. The molecule has 0 spiro atoms. The Bertz CT molecular complexity index is 987. The topological polar surface area (TPSA) is 81.5 Å². The molecule has 0 aliphatic carbocycles. The first kappa shape index (κ1) is 19.1. The molecule has 0 bridgehead atoms. The number of ether oxygens (including phenoxy) is 1. The number of aryl methyl sites for hydroxylation is 1. The summed E-state index contributed by atoms with van der Waals surface area (Å²) in [5.41, 5.74) is 2.84. The number of nitro benzene ring substituents is 1. The number of amides is 1. The third kappa shape index (κ3) is 4.94. The van der Waals surface area contributed by atoms with Crippen LogP contribution in [0.2, 0.25) is 0 Å². The number of nitrogens with one attached hydrogen (secondary N) is 1. The predicted octanol–water partition coefficient (Wildman–Crippen LogP) is 4.66. The monoisotopic (exact) mass is 376 g/mol. The zero-order chi connectivity index (χ0) is 19.9. The van der Waals surface area contributed by atoms with Gasteiger partial charge in [0.2, 0.25) is 5.91 Å². The summed E-state index contributed by atoms with van der Waals surface area (Å²) < 4.78 is 5.89. The highest BCUT2D eigenvalue weighted by atomic mass is 16.6. The van der Waals surface area contributed by atoms with Crippen LogP contribution in [0.25, 0.3) is 0 Å². The third-order valence-corrected chi connectivity index (χ3v) is 4.19. The van der Waals surface area contributed by atoms with Crippen molar-refractivity contribution in [1.29, 1.82) is 0 Å². The Kier molecular flexibility index (Phi) is 6.01. The highest BCUT2D eigenvalue weighted by Gasteiger charge is 2.16. The summed E-state index contributed by atoms with van der Waals surface area (Å²) >= 11 is 0. The van der Waals surface area contributed by atoms with E-state index < -0.39 is 4.92 Å². The van der Waals surface area contributed by atoms with E-state index in [2.05, 4.69) is 5.32 Å². The van der Waals surface area contributed by atoms with Crippen LogP contribution >= 0.6 is 0 Å². The van der Waals surface area contributed by atoms with Crippen molar-refractivity contribution in [2.45, 2.75) is 20.0 Å². The van der Waals surface area contributed by atoms with Gasteiger partial charge in [-0.3, -0.25) is 14.9 Å². The fourth-order valence-electron chi connectivity index (χ4n) is 2.79. The Balaban J connectivity index is 1.73. The first-order valence-corrected chi connectivity index (χ1v) is 8.82. The van der Waals surface area contributed by atoms with Crippen LogP contribution in [0.1, 0.15) is 16.7 Å². The molecule has 0 saturated carbocycles. The summed E-state index contributed by atoms with van der Waals surface area (Å²) in [7, 11) is 0. The summed E-state index contributed by atoms with van der Waals surface area (Å²) in [6.07, 6.45) is -0.0941. The summed E-state index contributed by atoms with van der Waals surface area (Å²) in [4.78, 5) is 23.1. The zero-order valence-electron chi connectivity index (χ0n) is 15.4. The molecule has 0 unspecified atom stereocenters. The van der Waals surface area contributed by atoms with Gasteiger partial charge in [0.05, 0.1) is 17.0 Å². The van der Waals surface area contributed by atoms with Crippen LogP contribution in [0.3, 0.4) is 0 Å². The SMILES string of the molecule is Cc1ccc(NC(=O)Cc2ccccc2[N+](=O)[O-])c(OCc2ccccc2)c1. The van der Waals surface area contributed by atoms with Crippen molar-refractivity contribution < 1.29 is 14.5 Å². The lowest BCUT2D eigenvalue weighted by atomic mass is 10.1. The van der Waals surface area contributed by atoms with Crippen molar-refractivity contribution in [3.63, 3.8) is 0 Å². The van der Waals surface area contributed by atoms with Crippen LogP contribution in [-0.2, 0) is 17.8 Å². The second-order valence-electron chi connectivity index (χ2n) is 6.38. The van der Waals surface area contributed by atoms with Crippen LogP contribution in [0.4, 0.5) is 11.4 Å². The van der Waals surface area contributed by atoms with E-state index in [1.54, 1.807) is 24.3 Å². The minimum atomic E-state index is -0.483. The molecule has 3 rings (SSSR count). The molecule has 0 heterocycles. The molecule has 3 aromatic carbocycles. The number of rotatable bonds is 7. The Labute approximate surface area is 162 Å². The number of nitrogens with zero attached hydrogens (tertiary/aromatic N) is 1. The highest BCUT2D eigenvalue weighted by Crippen LogP contribution is 2.27. The first-order chi connectivity index (χ1) is 13.5. The van der Waals surface area contributed by atoms with E-state index in [-0.39, 0.29) is 18.0 Å². The number of para-hydroxylation sites is 1. The van der Waals surface area contributed by atoms with Crippen LogP contribution in [0.5, 0.6) is 5.75 Å². The molecular formula is C22H20N2O4. The highest BCUT2D eigenvalue weighted by molar-refractivity contribution is 5.94. The van der Waals surface area contributed by atoms with Crippen LogP contribution < -0.4 is 10.1 Å². The van der Waals surface area contributed by atoms with Gasteiger partial charge < -0.3 is 10.1 Å². The molecule has 6 heteroatoms. The predicted molar refractivity (Wildman–Crippen MR) is 107 cm³/mol. The summed E-state index contributed by atoms with van der Waals surface area (Å²) in [5.74, 6) is 0.211. The molecule has 6 nitrogen and oxygen atoms in total. The number of nitro groups is 1. The lowest BCUT2D eigenvalue weighted by Crippen LogP contribution is -2.16. The van der Waals surface area contributed by atoms with Gasteiger partial charge in [-0.15, -0.1) is 0 Å². The molecule has 28 heavy (non-hydrogen) atoms. The first-order valence-electron chi connectivity index (χ1n) is 8.82. The van der Waals surface area contributed by atoms with Gasteiger partial charge in [0, 0.05) is 11.6 Å². The van der Waals surface area contributed by atoms with Crippen molar-refractivity contribution in [1.82, 2.24) is 0 Å². The van der Waals surface area contributed by atoms with Gasteiger partial charge in [-0.1, -0.05) is 54.6 Å². The van der Waals surface area contributed by atoms with E-state index in [9.17, 15) is 14.9 Å². The van der Waals surface area contributed by atoms with Gasteiger partial charge in [0.1, 0.15) is 12.4 Å². The van der Waals surface area contributed by atoms with Crippen molar-refractivity contribution >= 4 is 17.3 Å². The van der Waals surface area contributed by atoms with Gasteiger partial charge in [-0.05, 0) is 30.2 Å². The molecule has 0 saturated heterocycles. The fraction of sp³-hybridized carbons (Fsp3) is 0.136. The summed E-state index contributed by atoms with van der Waals surface area (Å²) in [6, 6.07) is 21.4. The number of hydrogen-bond acceptors (Lipinski definition) is 4. The van der Waals surface area contributed by atoms with Crippen molar-refractivity contribution in [3.05, 3.63) is 99.6 Å². The maximum Gasteiger partial charge on any atom is 0.273 e. The van der Waals surface area contributed by atoms with E-state index >= 15 is 0 Å². The van der Waals surface area contributed by atoms with Gasteiger partial charge in [0.15, 0.2) is 0 Å². The van der Waals surface area contributed by atoms with E-state index in [0.717, 1.165) is 11.1 Å². The third-order valence-electron chi connectivity index (χ3n) is 4.19. The molecule has 1 amide bonds. The number of carbonyl (C=O) groups excluding carboxylic acids is 1. The van der Waals surface area contributed by atoms with Gasteiger partial charge in [-0.25, -0.2) is 0 Å². The Morgan fingerprint density at radius 2 is 1.75 bits per heavy atom. The molecular weight excluding hydrogens is 356 g/mol. The van der Waals surface area contributed by atoms with E-state index in [4.69, 9.17) is 4.74 Å². The number of anilines is 1. The Hall–Kier alpha value is -3.67. The maximum absolute atomic E-state index is 12.5. The summed E-state index contributed by atoms with van der Waals surface area (Å²) in [6.45, 7) is 2.31. The molecule has 0 aliphatic heterocycles. The normalized spacial score (nSPS) is 10.3. The van der Waals surface area contributed by atoms with Crippen molar-refractivity contribution in [2.24, 2.45) is 0 Å². The lowest BCUT2D eigenvalue weighted by molar-refractivity contribution is -0.385. The van der Waals surface area contributed by atoms with Crippen molar-refractivity contribution in [3.8, 4) is 5.75 Å². The zero-order valence-corrected chi connectivity index (χ0v) is 15.4. The average molecular weight is 376 g/mol. The average Bonchev–Trinajstić information content (AvgIpc) is 2.69. The molecule has 0 radical (unpaired) electrons. The molecule has 0 fully saturated rings. The van der Waals surface area contributed by atoms with Crippen LogP contribution in [-0.4, -0.2) is 10.8 Å². The summed E-state index contributed by atoms with van der Waals surface area (Å²) in [5, 5.41) is 13.9. The molecule has 0 aliphatic rings. The van der Waals surface area contributed by atoms with E-state index in [1.807, 2.05) is 49.4 Å². The van der Waals surface area contributed by atoms with Crippen LogP contribution in [0, 0.1) is 17.0 Å². The van der Waals surface area contributed by atoms with E-state index in [1.165, 1.54) is 6.07 Å². The van der Waals surface area contributed by atoms with Gasteiger partial charge >= 0.3 is 0 Å². The Morgan fingerprint density at radius 3 is 2.50 bits per heavy atom. The Morgan fingerprint density at radius 1 is 1.04 bits per heavy atom. The number of carbonyl (C=O) groups is 1. The smallest absolute Gasteiger partial charge is 0.273 e. The largest absolute Gasteiger partial charge is 0.487 e. The lowest BCUT2D eigenvalue weighted by Gasteiger charge is -2.14.